The maximum Gasteiger partial charge on any atom is 0.129 e. The molecule has 0 aliphatic rings. The number of phenols is 1. The van der Waals surface area contributed by atoms with Crippen molar-refractivity contribution in [1.29, 1.82) is 0 Å². The van der Waals surface area contributed by atoms with Crippen molar-refractivity contribution in [2.75, 3.05) is 5.75 Å². The van der Waals surface area contributed by atoms with Gasteiger partial charge in [-0.2, -0.15) is 0 Å². The number of unbranched alkanes of at least 4 members (excludes halogenated alkanes) is 1. The molecule has 1 N–H and O–H groups in total. The van der Waals surface area contributed by atoms with E-state index < -0.39 is 0 Å². The molecule has 0 amide bonds. The van der Waals surface area contributed by atoms with Crippen LogP contribution < -0.4 is 0 Å². The van der Waals surface area contributed by atoms with Crippen molar-refractivity contribution in [3.05, 3.63) is 36.9 Å². The van der Waals surface area contributed by atoms with Gasteiger partial charge < -0.3 is 5.11 Å². The summed E-state index contributed by atoms with van der Waals surface area (Å²) in [4.78, 5) is 0.964. The van der Waals surface area contributed by atoms with Crippen molar-refractivity contribution < 1.29 is 5.11 Å². The van der Waals surface area contributed by atoms with Gasteiger partial charge in [0.1, 0.15) is 5.75 Å². The average molecular weight is 194 g/mol. The standard InChI is InChI=1S/C11H14OS/c1-2-3-6-9-13-11-8-5-4-7-10(11)12/h2,4-5,7-8,12H,1,3,6,9H2. The van der Waals surface area contributed by atoms with Gasteiger partial charge in [-0.1, -0.05) is 18.2 Å². The highest BCUT2D eigenvalue weighted by atomic mass is 32.2. The van der Waals surface area contributed by atoms with E-state index in [0.717, 1.165) is 23.5 Å². The minimum Gasteiger partial charge on any atom is -0.507 e. The van der Waals surface area contributed by atoms with E-state index in [1.807, 2.05) is 24.3 Å². The third kappa shape index (κ3) is 3.55. The molecule has 0 spiro atoms. The van der Waals surface area contributed by atoms with Crippen LogP contribution in [0.3, 0.4) is 0 Å². The lowest BCUT2D eigenvalue weighted by Crippen LogP contribution is -1.79. The monoisotopic (exact) mass is 194 g/mol. The van der Waals surface area contributed by atoms with Crippen molar-refractivity contribution in [2.45, 2.75) is 17.7 Å². The first-order valence-electron chi connectivity index (χ1n) is 4.36. The van der Waals surface area contributed by atoms with Crippen LogP contribution in [0.1, 0.15) is 12.8 Å². The Labute approximate surface area is 83.5 Å². The van der Waals surface area contributed by atoms with Crippen LogP contribution in [0.25, 0.3) is 0 Å². The maximum absolute atomic E-state index is 9.43. The van der Waals surface area contributed by atoms with E-state index >= 15 is 0 Å². The van der Waals surface area contributed by atoms with Crippen LogP contribution in [0.4, 0.5) is 0 Å². The van der Waals surface area contributed by atoms with Crippen LogP contribution >= 0.6 is 11.8 Å². The van der Waals surface area contributed by atoms with Crippen molar-refractivity contribution >= 4 is 11.8 Å². The Morgan fingerprint density at radius 3 is 2.85 bits per heavy atom. The predicted molar refractivity (Wildman–Crippen MR) is 58.3 cm³/mol. The molecular formula is C11H14OS. The van der Waals surface area contributed by atoms with Crippen molar-refractivity contribution in [3.8, 4) is 5.75 Å². The summed E-state index contributed by atoms with van der Waals surface area (Å²) in [5.74, 6) is 1.41. The highest BCUT2D eigenvalue weighted by molar-refractivity contribution is 7.99. The van der Waals surface area contributed by atoms with Gasteiger partial charge in [-0.25, -0.2) is 0 Å². The molecule has 0 bridgehead atoms. The topological polar surface area (TPSA) is 20.2 Å². The van der Waals surface area contributed by atoms with Gasteiger partial charge in [0.2, 0.25) is 0 Å². The molecule has 0 fully saturated rings. The number of para-hydroxylation sites is 1. The second kappa shape index (κ2) is 5.70. The number of rotatable bonds is 5. The molecule has 0 aromatic heterocycles. The number of hydrogen-bond donors (Lipinski definition) is 1. The smallest absolute Gasteiger partial charge is 0.129 e. The summed E-state index contributed by atoms with van der Waals surface area (Å²) in [6.07, 6.45) is 4.08. The van der Waals surface area contributed by atoms with E-state index in [2.05, 4.69) is 6.58 Å². The third-order valence-electron chi connectivity index (χ3n) is 1.68. The van der Waals surface area contributed by atoms with Crippen molar-refractivity contribution in [3.63, 3.8) is 0 Å². The predicted octanol–water partition coefficient (Wildman–Crippen LogP) is 3.45. The molecule has 1 aromatic carbocycles. The summed E-state index contributed by atoms with van der Waals surface area (Å²) in [5.41, 5.74) is 0. The molecule has 70 valence electrons. The van der Waals surface area contributed by atoms with Gasteiger partial charge in [0.15, 0.2) is 0 Å². The number of thioether (sulfide) groups is 1. The zero-order valence-electron chi connectivity index (χ0n) is 7.57. The summed E-state index contributed by atoms with van der Waals surface area (Å²) in [7, 11) is 0. The first-order chi connectivity index (χ1) is 6.34. The van der Waals surface area contributed by atoms with Gasteiger partial charge >= 0.3 is 0 Å². The Balaban J connectivity index is 2.36. The number of benzene rings is 1. The lowest BCUT2D eigenvalue weighted by atomic mass is 10.3. The van der Waals surface area contributed by atoms with E-state index in [1.54, 1.807) is 17.8 Å². The normalized spacial score (nSPS) is 9.85. The highest BCUT2D eigenvalue weighted by Gasteiger charge is 1.98. The molecule has 0 saturated carbocycles. The quantitative estimate of drug-likeness (QED) is 0.440. The molecule has 0 aliphatic heterocycles. The van der Waals surface area contributed by atoms with Crippen molar-refractivity contribution in [2.24, 2.45) is 0 Å². The maximum atomic E-state index is 9.43. The fourth-order valence-electron chi connectivity index (χ4n) is 0.989. The Bertz CT molecular complexity index is 271. The third-order valence-corrected chi connectivity index (χ3v) is 2.82. The van der Waals surface area contributed by atoms with E-state index in [-0.39, 0.29) is 0 Å². The summed E-state index contributed by atoms with van der Waals surface area (Å²) in [5, 5.41) is 9.43. The lowest BCUT2D eigenvalue weighted by Gasteiger charge is -2.02. The number of phenolic OH excluding ortho intramolecular Hbond substituents is 1. The van der Waals surface area contributed by atoms with E-state index in [0.29, 0.717) is 5.75 Å². The SMILES string of the molecule is C=CCCCSc1ccccc1O. The summed E-state index contributed by atoms with van der Waals surface area (Å²) in [6, 6.07) is 7.43. The van der Waals surface area contributed by atoms with Gasteiger partial charge in [-0.3, -0.25) is 0 Å². The number of allylic oxidation sites excluding steroid dienone is 1. The number of hydrogen-bond acceptors (Lipinski definition) is 2. The second-order valence-corrected chi connectivity index (χ2v) is 3.88. The van der Waals surface area contributed by atoms with Crippen LogP contribution in [0.5, 0.6) is 5.75 Å². The fourth-order valence-corrected chi connectivity index (χ4v) is 1.91. The molecule has 0 unspecified atom stereocenters. The molecule has 0 atom stereocenters. The minimum absolute atomic E-state index is 0.381. The Morgan fingerprint density at radius 1 is 1.38 bits per heavy atom. The molecule has 0 radical (unpaired) electrons. The molecular weight excluding hydrogens is 180 g/mol. The molecule has 1 aromatic rings. The Kier molecular flexibility index (Phi) is 4.47. The van der Waals surface area contributed by atoms with Crippen LogP contribution in [0.15, 0.2) is 41.8 Å². The Morgan fingerprint density at radius 2 is 2.15 bits per heavy atom. The zero-order chi connectivity index (χ0) is 9.52. The molecule has 2 heteroatoms. The first kappa shape index (κ1) is 10.2. The first-order valence-corrected chi connectivity index (χ1v) is 5.35. The number of aromatic hydroxyl groups is 1. The van der Waals surface area contributed by atoms with E-state index in [1.165, 1.54) is 0 Å². The molecule has 13 heavy (non-hydrogen) atoms. The van der Waals surface area contributed by atoms with Gasteiger partial charge in [0, 0.05) is 4.90 Å². The van der Waals surface area contributed by atoms with E-state index in [4.69, 9.17) is 0 Å². The zero-order valence-corrected chi connectivity index (χ0v) is 8.39. The van der Waals surface area contributed by atoms with Crippen LogP contribution in [0.2, 0.25) is 0 Å². The van der Waals surface area contributed by atoms with Crippen LogP contribution in [-0.2, 0) is 0 Å². The molecule has 0 aliphatic carbocycles. The molecule has 0 heterocycles. The second-order valence-electron chi connectivity index (χ2n) is 2.75. The van der Waals surface area contributed by atoms with E-state index in [9.17, 15) is 5.11 Å². The van der Waals surface area contributed by atoms with Gasteiger partial charge in [-0.15, -0.1) is 18.3 Å². The minimum atomic E-state index is 0.381. The molecule has 1 nitrogen and oxygen atoms in total. The van der Waals surface area contributed by atoms with Crippen LogP contribution in [0, 0.1) is 0 Å². The van der Waals surface area contributed by atoms with Gasteiger partial charge in [0.25, 0.3) is 0 Å². The highest BCUT2D eigenvalue weighted by Crippen LogP contribution is 2.28. The summed E-state index contributed by atoms with van der Waals surface area (Å²) >= 11 is 1.69. The van der Waals surface area contributed by atoms with Gasteiger partial charge in [-0.05, 0) is 30.7 Å². The summed E-state index contributed by atoms with van der Waals surface area (Å²) < 4.78 is 0. The van der Waals surface area contributed by atoms with Crippen molar-refractivity contribution in [1.82, 2.24) is 0 Å². The van der Waals surface area contributed by atoms with Gasteiger partial charge in [0.05, 0.1) is 0 Å². The average Bonchev–Trinajstić information content (AvgIpc) is 2.15. The fraction of sp³-hybridized carbons (Fsp3) is 0.273. The molecule has 1 rings (SSSR count). The largest absolute Gasteiger partial charge is 0.507 e. The lowest BCUT2D eigenvalue weighted by molar-refractivity contribution is 0.462. The van der Waals surface area contributed by atoms with Crippen LogP contribution in [-0.4, -0.2) is 10.9 Å². The summed E-state index contributed by atoms with van der Waals surface area (Å²) in [6.45, 7) is 3.66. The molecule has 0 saturated heterocycles. The Hall–Kier alpha value is -0.890.